The van der Waals surface area contributed by atoms with Crippen molar-refractivity contribution >= 4 is 5.69 Å². The molecule has 0 bridgehead atoms. The van der Waals surface area contributed by atoms with E-state index in [2.05, 4.69) is 59.6 Å². The van der Waals surface area contributed by atoms with Crippen LogP contribution in [0.4, 0.5) is 5.69 Å². The van der Waals surface area contributed by atoms with Gasteiger partial charge in [-0.3, -0.25) is 0 Å². The Morgan fingerprint density at radius 2 is 1.90 bits per heavy atom. The minimum atomic E-state index is 0.596. The number of hydrogen-bond acceptors (Lipinski definition) is 2. The molecule has 1 N–H and O–H groups in total. The lowest BCUT2D eigenvalue weighted by atomic mass is 10.1. The average molecular weight is 264 g/mol. The van der Waals surface area contributed by atoms with Gasteiger partial charge in [0.1, 0.15) is 0 Å². The lowest BCUT2D eigenvalue weighted by Crippen LogP contribution is -2.28. The van der Waals surface area contributed by atoms with Gasteiger partial charge in [0.25, 0.3) is 0 Å². The molecule has 2 aliphatic rings. The van der Waals surface area contributed by atoms with E-state index < -0.39 is 0 Å². The number of nitrogens with zero attached hydrogens (tertiary/aromatic N) is 1. The summed E-state index contributed by atoms with van der Waals surface area (Å²) in [6.45, 7) is 5.40. The fourth-order valence-corrected chi connectivity index (χ4v) is 3.51. The second-order valence-corrected chi connectivity index (χ2v) is 6.02. The molecule has 2 aromatic rings. The van der Waals surface area contributed by atoms with Crippen LogP contribution < -0.4 is 10.2 Å². The molecule has 0 saturated heterocycles. The molecule has 2 aliphatic heterocycles. The van der Waals surface area contributed by atoms with Crippen molar-refractivity contribution in [3.05, 3.63) is 64.7 Å². The van der Waals surface area contributed by atoms with Crippen molar-refractivity contribution in [2.75, 3.05) is 4.90 Å². The number of hydrogen-bond donors (Lipinski definition) is 1. The summed E-state index contributed by atoms with van der Waals surface area (Å²) in [5.74, 6) is 0. The van der Waals surface area contributed by atoms with Gasteiger partial charge in [0.05, 0.1) is 0 Å². The van der Waals surface area contributed by atoms with E-state index in [4.69, 9.17) is 0 Å². The zero-order valence-electron chi connectivity index (χ0n) is 11.9. The van der Waals surface area contributed by atoms with Gasteiger partial charge in [-0.05, 0) is 41.7 Å². The minimum absolute atomic E-state index is 0.596. The molecule has 2 heteroatoms. The van der Waals surface area contributed by atoms with Gasteiger partial charge in [0.15, 0.2) is 0 Å². The number of rotatable bonds is 2. The first-order valence-corrected chi connectivity index (χ1v) is 7.47. The minimum Gasteiger partial charge on any atom is -0.364 e. The first-order chi connectivity index (χ1) is 9.81. The summed E-state index contributed by atoms with van der Waals surface area (Å²) in [5.41, 5.74) is 7.27. The average Bonchev–Trinajstić information content (AvgIpc) is 3.04. The molecule has 0 aliphatic carbocycles. The first-order valence-electron chi connectivity index (χ1n) is 7.47. The highest BCUT2D eigenvalue weighted by atomic mass is 15.2. The van der Waals surface area contributed by atoms with Crippen LogP contribution in [0.5, 0.6) is 0 Å². The topological polar surface area (TPSA) is 15.3 Å². The number of para-hydroxylation sites is 1. The summed E-state index contributed by atoms with van der Waals surface area (Å²) in [5, 5.41) is 3.42. The van der Waals surface area contributed by atoms with Crippen molar-refractivity contribution < 1.29 is 0 Å². The molecule has 0 radical (unpaired) electrons. The SMILES string of the molecule is CC1Cc2ccccc2N1Cc1ccc2c(c1)CNC2. The Bertz CT molecular complexity index is 648. The normalized spacial score (nSPS) is 20.1. The van der Waals surface area contributed by atoms with Crippen LogP contribution >= 0.6 is 0 Å². The van der Waals surface area contributed by atoms with Gasteiger partial charge in [-0.2, -0.15) is 0 Å². The quantitative estimate of drug-likeness (QED) is 0.896. The summed E-state index contributed by atoms with van der Waals surface area (Å²) in [6, 6.07) is 16.4. The van der Waals surface area contributed by atoms with E-state index in [1.165, 1.54) is 34.4 Å². The Kier molecular flexibility index (Phi) is 2.78. The molecule has 4 rings (SSSR count). The van der Waals surface area contributed by atoms with E-state index >= 15 is 0 Å². The Morgan fingerprint density at radius 3 is 2.85 bits per heavy atom. The lowest BCUT2D eigenvalue weighted by Gasteiger charge is -2.25. The molecule has 0 amide bonds. The fraction of sp³-hybridized carbons (Fsp3) is 0.333. The molecular formula is C18H20N2. The standard InChI is InChI=1S/C18H20N2/c1-13-8-15-4-2-3-5-18(15)20(13)12-14-6-7-16-10-19-11-17(16)9-14/h2-7,9,13,19H,8,10-12H2,1H3. The highest BCUT2D eigenvalue weighted by Crippen LogP contribution is 2.33. The van der Waals surface area contributed by atoms with Crippen LogP contribution in [-0.2, 0) is 26.1 Å². The lowest BCUT2D eigenvalue weighted by molar-refractivity contribution is 0.672. The van der Waals surface area contributed by atoms with Gasteiger partial charge in [-0.15, -0.1) is 0 Å². The number of fused-ring (bicyclic) bond motifs is 2. The molecule has 2 nitrogen and oxygen atoms in total. The third-order valence-electron chi connectivity index (χ3n) is 4.60. The Labute approximate surface area is 120 Å². The number of benzene rings is 2. The molecule has 2 aromatic carbocycles. The summed E-state index contributed by atoms with van der Waals surface area (Å²) in [7, 11) is 0. The van der Waals surface area contributed by atoms with Gasteiger partial charge < -0.3 is 10.2 Å². The van der Waals surface area contributed by atoms with E-state index in [0.717, 1.165) is 19.6 Å². The monoisotopic (exact) mass is 264 g/mol. The van der Waals surface area contributed by atoms with E-state index in [-0.39, 0.29) is 0 Å². The van der Waals surface area contributed by atoms with Crippen LogP contribution in [0.25, 0.3) is 0 Å². The summed E-state index contributed by atoms with van der Waals surface area (Å²) >= 11 is 0. The van der Waals surface area contributed by atoms with E-state index in [9.17, 15) is 0 Å². The molecular weight excluding hydrogens is 244 g/mol. The summed E-state index contributed by atoms with van der Waals surface area (Å²) < 4.78 is 0. The van der Waals surface area contributed by atoms with Crippen LogP contribution in [0.2, 0.25) is 0 Å². The Hall–Kier alpha value is -1.80. The van der Waals surface area contributed by atoms with Crippen LogP contribution in [0.1, 0.15) is 29.2 Å². The molecule has 0 spiro atoms. The Balaban J connectivity index is 1.63. The van der Waals surface area contributed by atoms with Crippen LogP contribution in [0.3, 0.4) is 0 Å². The predicted octanol–water partition coefficient (Wildman–Crippen LogP) is 3.24. The van der Waals surface area contributed by atoms with E-state index in [1.807, 2.05) is 0 Å². The van der Waals surface area contributed by atoms with Crippen molar-refractivity contribution in [3.63, 3.8) is 0 Å². The zero-order valence-corrected chi connectivity index (χ0v) is 11.9. The highest BCUT2D eigenvalue weighted by molar-refractivity contribution is 5.59. The molecule has 102 valence electrons. The van der Waals surface area contributed by atoms with Gasteiger partial charge in [0, 0.05) is 31.4 Å². The molecule has 1 unspecified atom stereocenters. The van der Waals surface area contributed by atoms with Crippen LogP contribution in [-0.4, -0.2) is 6.04 Å². The van der Waals surface area contributed by atoms with Crippen LogP contribution in [0, 0.1) is 0 Å². The van der Waals surface area contributed by atoms with Gasteiger partial charge in [-0.25, -0.2) is 0 Å². The maximum absolute atomic E-state index is 3.42. The van der Waals surface area contributed by atoms with Crippen molar-refractivity contribution in [2.24, 2.45) is 0 Å². The smallest absolute Gasteiger partial charge is 0.0432 e. The largest absolute Gasteiger partial charge is 0.364 e. The van der Waals surface area contributed by atoms with Crippen molar-refractivity contribution in [1.82, 2.24) is 5.32 Å². The molecule has 1 atom stereocenters. The first kappa shape index (κ1) is 12.0. The van der Waals surface area contributed by atoms with Crippen molar-refractivity contribution in [3.8, 4) is 0 Å². The van der Waals surface area contributed by atoms with Crippen LogP contribution in [0.15, 0.2) is 42.5 Å². The number of anilines is 1. The van der Waals surface area contributed by atoms with Crippen molar-refractivity contribution in [2.45, 2.75) is 39.0 Å². The highest BCUT2D eigenvalue weighted by Gasteiger charge is 2.25. The van der Waals surface area contributed by atoms with Gasteiger partial charge in [-0.1, -0.05) is 36.4 Å². The molecule has 0 saturated carbocycles. The molecule has 0 aromatic heterocycles. The zero-order chi connectivity index (χ0) is 13.5. The summed E-state index contributed by atoms with van der Waals surface area (Å²) in [6.07, 6.45) is 1.17. The Morgan fingerprint density at radius 1 is 1.05 bits per heavy atom. The maximum Gasteiger partial charge on any atom is 0.0432 e. The molecule has 2 heterocycles. The number of nitrogens with one attached hydrogen (secondary N) is 1. The third-order valence-corrected chi connectivity index (χ3v) is 4.60. The maximum atomic E-state index is 3.42. The fourth-order valence-electron chi connectivity index (χ4n) is 3.51. The second-order valence-electron chi connectivity index (χ2n) is 6.02. The van der Waals surface area contributed by atoms with E-state index in [1.54, 1.807) is 0 Å². The van der Waals surface area contributed by atoms with Gasteiger partial charge in [0.2, 0.25) is 0 Å². The molecule has 0 fully saturated rings. The third kappa shape index (κ3) is 1.92. The second kappa shape index (κ2) is 4.64. The van der Waals surface area contributed by atoms with Gasteiger partial charge >= 0.3 is 0 Å². The van der Waals surface area contributed by atoms with Crippen molar-refractivity contribution in [1.29, 1.82) is 0 Å². The summed E-state index contributed by atoms with van der Waals surface area (Å²) in [4.78, 5) is 2.54. The molecule has 20 heavy (non-hydrogen) atoms. The van der Waals surface area contributed by atoms with E-state index in [0.29, 0.717) is 6.04 Å². The predicted molar refractivity (Wildman–Crippen MR) is 82.8 cm³/mol.